The van der Waals surface area contributed by atoms with E-state index in [0.717, 1.165) is 45.2 Å². The van der Waals surface area contributed by atoms with Crippen molar-refractivity contribution < 1.29 is 19.0 Å². The van der Waals surface area contributed by atoms with Crippen molar-refractivity contribution in [3.63, 3.8) is 0 Å². The predicted molar refractivity (Wildman–Crippen MR) is 130 cm³/mol. The summed E-state index contributed by atoms with van der Waals surface area (Å²) >= 11 is 0. The van der Waals surface area contributed by atoms with Crippen LogP contribution in [0.25, 0.3) is 27.5 Å². The molecule has 7 heteroatoms. The molecule has 2 aromatic carbocycles. The Kier molecular flexibility index (Phi) is 5.28. The number of fused-ring (bicyclic) bond motifs is 2. The molecule has 6 nitrogen and oxygen atoms in total. The molecule has 5 rings (SSSR count). The number of H-pyrrole nitrogens is 1. The summed E-state index contributed by atoms with van der Waals surface area (Å²) in [5, 5.41) is 19.3. The molecule has 2 atom stereocenters. The van der Waals surface area contributed by atoms with Gasteiger partial charge < -0.3 is 14.4 Å². The number of carboxylic acids is 1. The standard InChI is InChI=1S/C27H30FN3O3/c1-26(2,15-34-4)24-23(16-9-10-27(3,13-16)25(32)33)20-12-21-17(14-29-30-21)11-22(20)31(24)19-7-5-18(28)6-8-19/h5-8,11-12,14,16H,9-10,13,15H2,1-4H3,(H,29,30)(H,32,33)/t16-,27-/m1/s1. The normalized spacial score (nSPS) is 21.0. The van der Waals surface area contributed by atoms with E-state index in [9.17, 15) is 14.3 Å². The Balaban J connectivity index is 1.87. The summed E-state index contributed by atoms with van der Waals surface area (Å²) in [6.45, 7) is 6.63. The highest BCUT2D eigenvalue weighted by atomic mass is 19.1. The smallest absolute Gasteiger partial charge is 0.309 e. The second-order valence-corrected chi connectivity index (χ2v) is 10.5. The molecule has 2 aromatic heterocycles. The number of aromatic nitrogens is 3. The zero-order chi connectivity index (χ0) is 24.3. The Morgan fingerprint density at radius 3 is 2.71 bits per heavy atom. The van der Waals surface area contributed by atoms with Crippen molar-refractivity contribution in [3.05, 3.63) is 59.7 Å². The van der Waals surface area contributed by atoms with Gasteiger partial charge in [-0.15, -0.1) is 0 Å². The minimum atomic E-state index is -0.754. The van der Waals surface area contributed by atoms with Crippen LogP contribution in [0.1, 0.15) is 57.2 Å². The summed E-state index contributed by atoms with van der Waals surface area (Å²) < 4.78 is 21.7. The first kappa shape index (κ1) is 22.6. The van der Waals surface area contributed by atoms with Gasteiger partial charge >= 0.3 is 5.97 Å². The number of halogens is 1. The van der Waals surface area contributed by atoms with Crippen LogP contribution in [0.15, 0.2) is 42.6 Å². The summed E-state index contributed by atoms with van der Waals surface area (Å²) in [6, 6.07) is 10.8. The zero-order valence-electron chi connectivity index (χ0n) is 20.0. The molecule has 4 aromatic rings. The fourth-order valence-electron chi connectivity index (χ4n) is 5.80. The van der Waals surface area contributed by atoms with Gasteiger partial charge in [-0.3, -0.25) is 9.89 Å². The highest BCUT2D eigenvalue weighted by molar-refractivity contribution is 5.99. The largest absolute Gasteiger partial charge is 0.481 e. The van der Waals surface area contributed by atoms with Crippen LogP contribution in [0, 0.1) is 11.2 Å². The van der Waals surface area contributed by atoms with Crippen molar-refractivity contribution >= 4 is 27.8 Å². The van der Waals surface area contributed by atoms with Gasteiger partial charge in [-0.25, -0.2) is 4.39 Å². The zero-order valence-corrected chi connectivity index (χ0v) is 20.0. The number of aromatic amines is 1. The van der Waals surface area contributed by atoms with E-state index in [-0.39, 0.29) is 17.2 Å². The summed E-state index contributed by atoms with van der Waals surface area (Å²) in [5.41, 5.74) is 3.89. The summed E-state index contributed by atoms with van der Waals surface area (Å²) in [4.78, 5) is 12.1. The van der Waals surface area contributed by atoms with E-state index >= 15 is 0 Å². The molecule has 1 saturated carbocycles. The number of hydrogen-bond acceptors (Lipinski definition) is 3. The lowest BCUT2D eigenvalue weighted by atomic mass is 9.80. The second kappa shape index (κ2) is 7.94. The number of ether oxygens (including phenoxy) is 1. The Bertz CT molecular complexity index is 1390. The molecule has 1 fully saturated rings. The predicted octanol–water partition coefficient (Wildman–Crippen LogP) is 5.93. The summed E-state index contributed by atoms with van der Waals surface area (Å²) in [5.74, 6) is -0.953. The Hall–Kier alpha value is -3.19. The summed E-state index contributed by atoms with van der Waals surface area (Å²) in [6.07, 6.45) is 3.80. The molecule has 0 unspecified atom stereocenters. The molecule has 0 spiro atoms. The van der Waals surface area contributed by atoms with Gasteiger partial charge in [0.05, 0.1) is 29.3 Å². The topological polar surface area (TPSA) is 80.1 Å². The number of carboxylic acid groups (broad SMARTS) is 1. The number of methoxy groups -OCH3 is 1. The fraction of sp³-hybridized carbons (Fsp3) is 0.407. The average Bonchev–Trinajstić information content (AvgIpc) is 3.48. The summed E-state index contributed by atoms with van der Waals surface area (Å²) in [7, 11) is 1.69. The van der Waals surface area contributed by atoms with Gasteiger partial charge in [0.1, 0.15) is 5.82 Å². The maximum absolute atomic E-state index is 13.9. The first-order chi connectivity index (χ1) is 16.1. The van der Waals surface area contributed by atoms with Crippen LogP contribution in [-0.2, 0) is 14.9 Å². The van der Waals surface area contributed by atoms with E-state index in [1.807, 2.05) is 6.92 Å². The molecule has 1 aliphatic carbocycles. The Labute approximate surface area is 197 Å². The van der Waals surface area contributed by atoms with Crippen molar-refractivity contribution in [2.45, 2.75) is 51.4 Å². The molecule has 34 heavy (non-hydrogen) atoms. The van der Waals surface area contributed by atoms with Crippen LogP contribution < -0.4 is 0 Å². The Morgan fingerprint density at radius 2 is 2.06 bits per heavy atom. The van der Waals surface area contributed by atoms with Crippen LogP contribution >= 0.6 is 0 Å². The van der Waals surface area contributed by atoms with Crippen LogP contribution in [-0.4, -0.2) is 39.6 Å². The number of carbonyl (C=O) groups is 1. The molecule has 0 amide bonds. The molecule has 0 aliphatic heterocycles. The number of nitrogens with zero attached hydrogens (tertiary/aromatic N) is 2. The first-order valence-electron chi connectivity index (χ1n) is 11.6. The molecular formula is C27H30FN3O3. The monoisotopic (exact) mass is 463 g/mol. The van der Waals surface area contributed by atoms with E-state index in [4.69, 9.17) is 4.74 Å². The minimum Gasteiger partial charge on any atom is -0.481 e. The number of aliphatic carboxylic acids is 1. The highest BCUT2D eigenvalue weighted by Crippen LogP contribution is 2.52. The minimum absolute atomic E-state index is 0.0804. The molecule has 2 N–H and O–H groups in total. The van der Waals surface area contributed by atoms with Crippen LogP contribution in [0.4, 0.5) is 4.39 Å². The lowest BCUT2D eigenvalue weighted by Gasteiger charge is -2.30. The highest BCUT2D eigenvalue weighted by Gasteiger charge is 2.45. The van der Waals surface area contributed by atoms with Gasteiger partial charge in [0, 0.05) is 34.7 Å². The number of nitrogens with one attached hydrogen (secondary N) is 1. The molecule has 1 aliphatic rings. The van der Waals surface area contributed by atoms with Crippen LogP contribution in [0.3, 0.4) is 0 Å². The second-order valence-electron chi connectivity index (χ2n) is 10.5. The van der Waals surface area contributed by atoms with Gasteiger partial charge in [-0.2, -0.15) is 5.10 Å². The van der Waals surface area contributed by atoms with E-state index in [1.54, 1.807) is 25.4 Å². The third kappa shape index (κ3) is 3.50. The molecule has 0 radical (unpaired) electrons. The van der Waals surface area contributed by atoms with Crippen LogP contribution in [0.2, 0.25) is 0 Å². The number of rotatable bonds is 6. The van der Waals surface area contributed by atoms with Crippen molar-refractivity contribution in [3.8, 4) is 5.69 Å². The van der Waals surface area contributed by atoms with E-state index in [2.05, 4.69) is 40.7 Å². The third-order valence-electron chi connectivity index (χ3n) is 7.46. The maximum Gasteiger partial charge on any atom is 0.309 e. The SMILES string of the molecule is COCC(C)(C)c1c([C@@H]2CC[C@@](C)(C(=O)O)C2)c2cc3[nH]ncc3cc2n1-c1ccc(F)cc1. The van der Waals surface area contributed by atoms with Gasteiger partial charge in [-0.05, 0) is 74.1 Å². The number of benzene rings is 2. The van der Waals surface area contributed by atoms with Crippen molar-refractivity contribution in [2.75, 3.05) is 13.7 Å². The molecule has 2 heterocycles. The number of hydrogen-bond donors (Lipinski definition) is 2. The van der Waals surface area contributed by atoms with Crippen molar-refractivity contribution in [2.24, 2.45) is 5.41 Å². The van der Waals surface area contributed by atoms with E-state index < -0.39 is 11.4 Å². The van der Waals surface area contributed by atoms with Crippen molar-refractivity contribution in [1.82, 2.24) is 14.8 Å². The average molecular weight is 464 g/mol. The lowest BCUT2D eigenvalue weighted by Crippen LogP contribution is -2.29. The quantitative estimate of drug-likeness (QED) is 0.371. The maximum atomic E-state index is 13.9. The molecule has 178 valence electrons. The third-order valence-corrected chi connectivity index (χ3v) is 7.46. The van der Waals surface area contributed by atoms with E-state index in [0.29, 0.717) is 19.4 Å². The lowest BCUT2D eigenvalue weighted by molar-refractivity contribution is -0.147. The molecule has 0 bridgehead atoms. The fourth-order valence-corrected chi connectivity index (χ4v) is 5.80. The van der Waals surface area contributed by atoms with Gasteiger partial charge in [-0.1, -0.05) is 13.8 Å². The van der Waals surface area contributed by atoms with Crippen molar-refractivity contribution in [1.29, 1.82) is 0 Å². The molecule has 0 saturated heterocycles. The Morgan fingerprint density at radius 1 is 1.32 bits per heavy atom. The van der Waals surface area contributed by atoms with Gasteiger partial charge in [0.25, 0.3) is 0 Å². The van der Waals surface area contributed by atoms with Crippen LogP contribution in [0.5, 0.6) is 0 Å². The first-order valence-corrected chi connectivity index (χ1v) is 11.6. The van der Waals surface area contributed by atoms with E-state index in [1.165, 1.54) is 12.1 Å². The van der Waals surface area contributed by atoms with Gasteiger partial charge in [0.15, 0.2) is 0 Å². The molecular weight excluding hydrogens is 433 g/mol. The van der Waals surface area contributed by atoms with Gasteiger partial charge in [0.2, 0.25) is 0 Å².